The minimum Gasteiger partial charge on any atom is -0.379 e. The van der Waals surface area contributed by atoms with Crippen molar-refractivity contribution in [1.29, 1.82) is 0 Å². The molecule has 0 aliphatic carbocycles. The zero-order chi connectivity index (χ0) is 12.6. The minimum atomic E-state index is -0.526. The zero-order valence-electron chi connectivity index (χ0n) is 10.8. The van der Waals surface area contributed by atoms with Crippen molar-refractivity contribution in [2.24, 2.45) is 11.1 Å². The SMILES string of the molecule is CC1CN(C(=O)C2(C)COCC2N)CC(C)S1. The molecule has 1 amide bonds. The Morgan fingerprint density at radius 2 is 2.00 bits per heavy atom. The highest BCUT2D eigenvalue weighted by Gasteiger charge is 2.47. The summed E-state index contributed by atoms with van der Waals surface area (Å²) in [5.41, 5.74) is 5.49. The van der Waals surface area contributed by atoms with Gasteiger partial charge in [-0.15, -0.1) is 0 Å². The first-order chi connectivity index (χ1) is 7.93. The van der Waals surface area contributed by atoms with Gasteiger partial charge in [0.25, 0.3) is 0 Å². The number of thioether (sulfide) groups is 1. The van der Waals surface area contributed by atoms with Crippen LogP contribution in [0.4, 0.5) is 0 Å². The first kappa shape index (κ1) is 13.2. The Balaban J connectivity index is 2.09. The molecule has 4 nitrogen and oxygen atoms in total. The summed E-state index contributed by atoms with van der Waals surface area (Å²) in [5, 5.41) is 1.01. The Labute approximate surface area is 107 Å². The van der Waals surface area contributed by atoms with E-state index in [0.29, 0.717) is 23.7 Å². The van der Waals surface area contributed by atoms with Crippen molar-refractivity contribution in [3.05, 3.63) is 0 Å². The van der Waals surface area contributed by atoms with Crippen molar-refractivity contribution in [2.45, 2.75) is 37.3 Å². The second kappa shape index (κ2) is 4.78. The summed E-state index contributed by atoms with van der Waals surface area (Å²) in [7, 11) is 0. The quantitative estimate of drug-likeness (QED) is 0.752. The standard InChI is InChI=1S/C12H22N2O2S/c1-8-4-14(5-9(2)17-8)11(15)12(3)7-16-6-10(12)13/h8-10H,4-7,13H2,1-3H3. The summed E-state index contributed by atoms with van der Waals surface area (Å²) < 4.78 is 5.36. The molecule has 0 radical (unpaired) electrons. The Morgan fingerprint density at radius 3 is 2.47 bits per heavy atom. The monoisotopic (exact) mass is 258 g/mol. The number of ether oxygens (including phenoxy) is 1. The third-order valence-electron chi connectivity index (χ3n) is 3.71. The number of hydrogen-bond donors (Lipinski definition) is 1. The molecule has 2 heterocycles. The van der Waals surface area contributed by atoms with Gasteiger partial charge in [-0.25, -0.2) is 0 Å². The van der Waals surface area contributed by atoms with E-state index in [4.69, 9.17) is 10.5 Å². The summed E-state index contributed by atoms with van der Waals surface area (Å²) in [4.78, 5) is 14.6. The lowest BCUT2D eigenvalue weighted by atomic mass is 9.84. The molecule has 0 spiro atoms. The van der Waals surface area contributed by atoms with Crippen LogP contribution < -0.4 is 5.73 Å². The molecule has 2 rings (SSSR count). The van der Waals surface area contributed by atoms with Gasteiger partial charge in [-0.2, -0.15) is 11.8 Å². The molecular weight excluding hydrogens is 236 g/mol. The molecule has 0 bridgehead atoms. The van der Waals surface area contributed by atoms with E-state index in [1.807, 2.05) is 23.6 Å². The van der Waals surface area contributed by atoms with Crippen LogP contribution in [0.15, 0.2) is 0 Å². The lowest BCUT2D eigenvalue weighted by Crippen LogP contribution is -2.55. The highest BCUT2D eigenvalue weighted by Crippen LogP contribution is 2.33. The Bertz CT molecular complexity index is 303. The van der Waals surface area contributed by atoms with Gasteiger partial charge in [0.1, 0.15) is 0 Å². The van der Waals surface area contributed by atoms with E-state index < -0.39 is 5.41 Å². The maximum atomic E-state index is 12.6. The molecule has 5 heteroatoms. The van der Waals surface area contributed by atoms with Gasteiger partial charge in [0.15, 0.2) is 0 Å². The van der Waals surface area contributed by atoms with E-state index in [1.165, 1.54) is 0 Å². The van der Waals surface area contributed by atoms with Gasteiger partial charge in [0, 0.05) is 29.6 Å². The largest absolute Gasteiger partial charge is 0.379 e. The third kappa shape index (κ3) is 2.46. The molecule has 98 valence electrons. The van der Waals surface area contributed by atoms with Crippen LogP contribution in [-0.4, -0.2) is 53.7 Å². The highest BCUT2D eigenvalue weighted by molar-refractivity contribution is 8.00. The number of amides is 1. The predicted molar refractivity (Wildman–Crippen MR) is 70.0 cm³/mol. The molecule has 0 aromatic heterocycles. The fourth-order valence-corrected chi connectivity index (χ4v) is 3.94. The van der Waals surface area contributed by atoms with Crippen molar-refractivity contribution in [1.82, 2.24) is 4.90 Å². The fourth-order valence-electron chi connectivity index (χ4n) is 2.61. The van der Waals surface area contributed by atoms with Crippen LogP contribution in [0.3, 0.4) is 0 Å². The first-order valence-corrected chi connectivity index (χ1v) is 7.16. The van der Waals surface area contributed by atoms with Crippen LogP contribution in [0.25, 0.3) is 0 Å². The topological polar surface area (TPSA) is 55.6 Å². The molecule has 17 heavy (non-hydrogen) atoms. The molecule has 0 saturated carbocycles. The molecule has 2 aliphatic heterocycles. The van der Waals surface area contributed by atoms with Gasteiger partial charge < -0.3 is 15.4 Å². The molecule has 0 aromatic rings. The van der Waals surface area contributed by atoms with Gasteiger partial charge in [0.05, 0.1) is 18.6 Å². The maximum Gasteiger partial charge on any atom is 0.232 e. The number of hydrogen-bond acceptors (Lipinski definition) is 4. The van der Waals surface area contributed by atoms with Crippen LogP contribution >= 0.6 is 11.8 Å². The second-order valence-corrected chi connectivity index (χ2v) is 7.39. The maximum absolute atomic E-state index is 12.6. The van der Waals surface area contributed by atoms with Crippen molar-refractivity contribution < 1.29 is 9.53 Å². The lowest BCUT2D eigenvalue weighted by molar-refractivity contribution is -0.142. The van der Waals surface area contributed by atoms with Crippen LogP contribution in [-0.2, 0) is 9.53 Å². The van der Waals surface area contributed by atoms with Crippen molar-refractivity contribution in [3.8, 4) is 0 Å². The third-order valence-corrected chi connectivity index (χ3v) is 4.94. The summed E-state index contributed by atoms with van der Waals surface area (Å²) >= 11 is 1.95. The summed E-state index contributed by atoms with van der Waals surface area (Å²) in [6.07, 6.45) is 0. The Kier molecular flexibility index (Phi) is 3.71. The normalized spacial score (nSPS) is 42.8. The van der Waals surface area contributed by atoms with Crippen molar-refractivity contribution in [3.63, 3.8) is 0 Å². The van der Waals surface area contributed by atoms with Gasteiger partial charge in [-0.05, 0) is 6.92 Å². The van der Waals surface area contributed by atoms with Crippen LogP contribution in [0, 0.1) is 5.41 Å². The highest BCUT2D eigenvalue weighted by atomic mass is 32.2. The summed E-state index contributed by atoms with van der Waals surface area (Å²) in [6.45, 7) is 8.90. The van der Waals surface area contributed by atoms with Gasteiger partial charge in [-0.1, -0.05) is 13.8 Å². The van der Waals surface area contributed by atoms with Crippen LogP contribution in [0.1, 0.15) is 20.8 Å². The molecule has 4 atom stereocenters. The van der Waals surface area contributed by atoms with E-state index in [9.17, 15) is 4.79 Å². The number of nitrogens with two attached hydrogens (primary N) is 1. The van der Waals surface area contributed by atoms with Crippen molar-refractivity contribution in [2.75, 3.05) is 26.3 Å². The molecule has 0 aromatic carbocycles. The van der Waals surface area contributed by atoms with Gasteiger partial charge in [0.2, 0.25) is 5.91 Å². The van der Waals surface area contributed by atoms with E-state index >= 15 is 0 Å². The van der Waals surface area contributed by atoms with E-state index in [-0.39, 0.29) is 11.9 Å². The van der Waals surface area contributed by atoms with Crippen molar-refractivity contribution >= 4 is 17.7 Å². The Hall–Kier alpha value is -0.260. The van der Waals surface area contributed by atoms with Crippen LogP contribution in [0.5, 0.6) is 0 Å². The smallest absolute Gasteiger partial charge is 0.232 e. The molecular formula is C12H22N2O2S. The number of carbonyl (C=O) groups excluding carboxylic acids is 1. The van der Waals surface area contributed by atoms with E-state index in [2.05, 4.69) is 13.8 Å². The number of rotatable bonds is 1. The van der Waals surface area contributed by atoms with Gasteiger partial charge in [-0.3, -0.25) is 4.79 Å². The molecule has 4 unspecified atom stereocenters. The average molecular weight is 258 g/mol. The molecule has 2 saturated heterocycles. The first-order valence-electron chi connectivity index (χ1n) is 6.21. The molecule has 2 N–H and O–H groups in total. The fraction of sp³-hybridized carbons (Fsp3) is 0.917. The minimum absolute atomic E-state index is 0.168. The summed E-state index contributed by atoms with van der Waals surface area (Å²) in [6, 6.07) is -0.171. The second-order valence-electron chi connectivity index (χ2n) is 5.51. The van der Waals surface area contributed by atoms with E-state index in [0.717, 1.165) is 13.1 Å². The molecule has 2 fully saturated rings. The Morgan fingerprint density at radius 1 is 1.41 bits per heavy atom. The average Bonchev–Trinajstić information content (AvgIpc) is 2.58. The summed E-state index contributed by atoms with van der Waals surface area (Å²) in [5.74, 6) is 0.168. The van der Waals surface area contributed by atoms with Gasteiger partial charge >= 0.3 is 0 Å². The zero-order valence-corrected chi connectivity index (χ0v) is 11.6. The number of carbonyl (C=O) groups is 1. The lowest BCUT2D eigenvalue weighted by Gasteiger charge is -2.39. The molecule has 2 aliphatic rings. The van der Waals surface area contributed by atoms with Crippen LogP contribution in [0.2, 0.25) is 0 Å². The van der Waals surface area contributed by atoms with E-state index in [1.54, 1.807) is 0 Å². The number of nitrogens with zero attached hydrogens (tertiary/aromatic N) is 1. The predicted octanol–water partition coefficient (Wildman–Crippen LogP) is 0.703.